The van der Waals surface area contributed by atoms with Gasteiger partial charge in [0.15, 0.2) is 0 Å². The number of nitrogens with one attached hydrogen (secondary N) is 1. The first-order valence-corrected chi connectivity index (χ1v) is 7.55. The lowest BCUT2D eigenvalue weighted by Crippen LogP contribution is -2.03. The molecule has 0 aliphatic heterocycles. The normalized spacial score (nSPS) is 10.6. The van der Waals surface area contributed by atoms with E-state index < -0.39 is 0 Å². The van der Waals surface area contributed by atoms with Crippen LogP contribution in [0.1, 0.15) is 63.0 Å². The van der Waals surface area contributed by atoms with E-state index in [1.54, 1.807) is 0 Å². The van der Waals surface area contributed by atoms with Gasteiger partial charge in [-0.05, 0) is 37.5 Å². The molecule has 102 valence electrons. The highest BCUT2D eigenvalue weighted by molar-refractivity contribution is 5.53. The number of unbranched alkanes of at least 4 members (excludes halogenated alkanes) is 6. The van der Waals surface area contributed by atoms with Crippen molar-refractivity contribution in [3.05, 3.63) is 29.3 Å². The zero-order valence-corrected chi connectivity index (χ0v) is 12.4. The summed E-state index contributed by atoms with van der Waals surface area (Å²) in [4.78, 5) is 0. The van der Waals surface area contributed by atoms with E-state index in [-0.39, 0.29) is 0 Å². The van der Waals surface area contributed by atoms with Crippen molar-refractivity contribution < 1.29 is 0 Å². The molecular weight excluding hydrogens is 218 g/mol. The molecular formula is C17H29N. The summed E-state index contributed by atoms with van der Waals surface area (Å²) < 4.78 is 0. The molecule has 0 atom stereocenters. The van der Waals surface area contributed by atoms with Gasteiger partial charge < -0.3 is 5.32 Å². The fraction of sp³-hybridized carbons (Fsp3) is 0.647. The van der Waals surface area contributed by atoms with E-state index in [0.29, 0.717) is 0 Å². The highest BCUT2D eigenvalue weighted by atomic mass is 14.9. The molecule has 1 heteroatoms. The largest absolute Gasteiger partial charge is 0.385 e. The molecule has 0 aliphatic carbocycles. The second-order valence-electron chi connectivity index (χ2n) is 5.30. The zero-order chi connectivity index (χ0) is 13.2. The van der Waals surface area contributed by atoms with Crippen LogP contribution in [0.25, 0.3) is 0 Å². The predicted octanol–water partition coefficient (Wildman–Crippen LogP) is 5.47. The van der Waals surface area contributed by atoms with Crippen molar-refractivity contribution in [3.8, 4) is 0 Å². The predicted molar refractivity (Wildman–Crippen MR) is 82.4 cm³/mol. The fourth-order valence-electron chi connectivity index (χ4n) is 2.25. The van der Waals surface area contributed by atoms with Crippen LogP contribution in [0.3, 0.4) is 0 Å². The zero-order valence-electron chi connectivity index (χ0n) is 12.4. The molecule has 0 saturated heterocycles. The van der Waals surface area contributed by atoms with Gasteiger partial charge in [0.2, 0.25) is 0 Å². The smallest absolute Gasteiger partial charge is 0.0372 e. The van der Waals surface area contributed by atoms with Crippen molar-refractivity contribution in [3.63, 3.8) is 0 Å². The maximum absolute atomic E-state index is 3.56. The SMILES string of the molecule is CCCCCCCCCNc1cccc(C)c1C. The van der Waals surface area contributed by atoms with Gasteiger partial charge >= 0.3 is 0 Å². The van der Waals surface area contributed by atoms with Gasteiger partial charge in [-0.1, -0.05) is 57.6 Å². The summed E-state index contributed by atoms with van der Waals surface area (Å²) in [6, 6.07) is 6.49. The van der Waals surface area contributed by atoms with Gasteiger partial charge in [0.1, 0.15) is 0 Å². The van der Waals surface area contributed by atoms with Crippen LogP contribution in [0.15, 0.2) is 18.2 Å². The molecule has 1 nitrogen and oxygen atoms in total. The minimum absolute atomic E-state index is 1.11. The molecule has 0 aromatic heterocycles. The van der Waals surface area contributed by atoms with Crippen LogP contribution in [0, 0.1) is 13.8 Å². The first-order valence-electron chi connectivity index (χ1n) is 7.55. The number of hydrogen-bond acceptors (Lipinski definition) is 1. The Hall–Kier alpha value is -0.980. The Bertz CT molecular complexity index is 330. The van der Waals surface area contributed by atoms with Crippen LogP contribution in [0.4, 0.5) is 5.69 Å². The lowest BCUT2D eigenvalue weighted by atomic mass is 10.1. The Balaban J connectivity index is 2.09. The maximum Gasteiger partial charge on any atom is 0.0372 e. The van der Waals surface area contributed by atoms with Gasteiger partial charge in [0.05, 0.1) is 0 Å². The van der Waals surface area contributed by atoms with E-state index in [9.17, 15) is 0 Å². The van der Waals surface area contributed by atoms with E-state index in [4.69, 9.17) is 0 Å². The average Bonchev–Trinajstić information content (AvgIpc) is 2.37. The summed E-state index contributed by atoms with van der Waals surface area (Å²) >= 11 is 0. The summed E-state index contributed by atoms with van der Waals surface area (Å²) in [5, 5.41) is 3.56. The van der Waals surface area contributed by atoms with Crippen molar-refractivity contribution in [2.24, 2.45) is 0 Å². The van der Waals surface area contributed by atoms with Gasteiger partial charge in [-0.25, -0.2) is 0 Å². The van der Waals surface area contributed by atoms with Crippen molar-refractivity contribution >= 4 is 5.69 Å². The van der Waals surface area contributed by atoms with E-state index in [1.807, 2.05) is 0 Å². The molecule has 0 aliphatic rings. The van der Waals surface area contributed by atoms with E-state index >= 15 is 0 Å². The molecule has 0 fully saturated rings. The standard InChI is InChI=1S/C17H29N/c1-4-5-6-7-8-9-10-14-18-17-13-11-12-15(2)16(17)3/h11-13,18H,4-10,14H2,1-3H3. The summed E-state index contributed by atoms with van der Waals surface area (Å²) in [6.45, 7) is 7.75. The molecule has 18 heavy (non-hydrogen) atoms. The minimum atomic E-state index is 1.11. The third kappa shape index (κ3) is 5.57. The highest BCUT2D eigenvalue weighted by Gasteiger charge is 1.99. The molecule has 0 bridgehead atoms. The summed E-state index contributed by atoms with van der Waals surface area (Å²) in [5.41, 5.74) is 4.07. The van der Waals surface area contributed by atoms with E-state index in [2.05, 4.69) is 44.3 Å². The number of aryl methyl sites for hydroxylation is 1. The van der Waals surface area contributed by atoms with E-state index in [0.717, 1.165) is 6.54 Å². The molecule has 0 amide bonds. The maximum atomic E-state index is 3.56. The first-order chi connectivity index (χ1) is 8.75. The van der Waals surface area contributed by atoms with Crippen molar-refractivity contribution in [2.45, 2.75) is 65.7 Å². The van der Waals surface area contributed by atoms with Crippen molar-refractivity contribution in [1.82, 2.24) is 0 Å². The van der Waals surface area contributed by atoms with Crippen LogP contribution in [-0.2, 0) is 0 Å². The number of benzene rings is 1. The molecule has 1 N–H and O–H groups in total. The molecule has 0 heterocycles. The third-order valence-electron chi connectivity index (χ3n) is 3.70. The van der Waals surface area contributed by atoms with Crippen LogP contribution in [0.5, 0.6) is 0 Å². The Kier molecular flexibility index (Phi) is 7.55. The van der Waals surface area contributed by atoms with Gasteiger partial charge in [-0.15, -0.1) is 0 Å². The van der Waals surface area contributed by atoms with Crippen LogP contribution >= 0.6 is 0 Å². The summed E-state index contributed by atoms with van der Waals surface area (Å²) in [6.07, 6.45) is 9.63. The highest BCUT2D eigenvalue weighted by Crippen LogP contribution is 2.18. The summed E-state index contributed by atoms with van der Waals surface area (Å²) in [5.74, 6) is 0. The van der Waals surface area contributed by atoms with Crippen LogP contribution < -0.4 is 5.32 Å². The van der Waals surface area contributed by atoms with Crippen molar-refractivity contribution in [2.75, 3.05) is 11.9 Å². The lowest BCUT2D eigenvalue weighted by molar-refractivity contribution is 0.596. The van der Waals surface area contributed by atoms with Crippen LogP contribution in [-0.4, -0.2) is 6.54 Å². The average molecular weight is 247 g/mol. The Morgan fingerprint density at radius 3 is 2.28 bits per heavy atom. The molecule has 0 spiro atoms. The van der Waals surface area contributed by atoms with Gasteiger partial charge in [-0.3, -0.25) is 0 Å². The number of rotatable bonds is 9. The lowest BCUT2D eigenvalue weighted by Gasteiger charge is -2.11. The molecule has 0 radical (unpaired) electrons. The molecule has 0 unspecified atom stereocenters. The Labute approximate surface area is 113 Å². The second-order valence-corrected chi connectivity index (χ2v) is 5.30. The molecule has 1 rings (SSSR count). The van der Waals surface area contributed by atoms with Gasteiger partial charge in [-0.2, -0.15) is 0 Å². The molecule has 1 aromatic carbocycles. The quantitative estimate of drug-likeness (QED) is 0.571. The fourth-order valence-corrected chi connectivity index (χ4v) is 2.25. The monoisotopic (exact) mass is 247 g/mol. The van der Waals surface area contributed by atoms with E-state index in [1.165, 1.54) is 61.8 Å². The topological polar surface area (TPSA) is 12.0 Å². The van der Waals surface area contributed by atoms with Gasteiger partial charge in [0, 0.05) is 12.2 Å². The third-order valence-corrected chi connectivity index (χ3v) is 3.70. The van der Waals surface area contributed by atoms with Crippen LogP contribution in [0.2, 0.25) is 0 Å². The Morgan fingerprint density at radius 2 is 1.56 bits per heavy atom. The molecule has 1 aromatic rings. The Morgan fingerprint density at radius 1 is 0.889 bits per heavy atom. The van der Waals surface area contributed by atoms with Crippen molar-refractivity contribution in [1.29, 1.82) is 0 Å². The van der Waals surface area contributed by atoms with Gasteiger partial charge in [0.25, 0.3) is 0 Å². The minimum Gasteiger partial charge on any atom is -0.385 e. The summed E-state index contributed by atoms with van der Waals surface area (Å²) in [7, 11) is 0. The number of anilines is 1. The number of hydrogen-bond donors (Lipinski definition) is 1. The first kappa shape index (κ1) is 15.1. The second kappa shape index (κ2) is 9.02. The molecule has 0 saturated carbocycles.